The Morgan fingerprint density at radius 3 is 2.32 bits per heavy atom. The summed E-state index contributed by atoms with van der Waals surface area (Å²) >= 11 is 6.25. The topological polar surface area (TPSA) is 71.4 Å². The van der Waals surface area contributed by atoms with E-state index in [1.54, 1.807) is 36.9 Å². The number of carbonyl (C=O) groups is 2. The molecule has 4 rings (SSSR count). The first-order valence-corrected chi connectivity index (χ1v) is 10.8. The van der Waals surface area contributed by atoms with Gasteiger partial charge in [0.1, 0.15) is 11.5 Å². The second-order valence-corrected chi connectivity index (χ2v) is 8.31. The average Bonchev–Trinajstić information content (AvgIpc) is 2.83. The standard InChI is InChI=1S/C26H21ClFN3O3/c1-30(2)26(34)23-21(15-29-25(33)16-8-11-18(28)12-9-16)24(32)20-13-10-17(27)14-22(20)31(23)19-6-4-3-5-7-19/h3-14H,15H2,1-2H3,(H,29,33). The zero-order valence-electron chi connectivity index (χ0n) is 18.5. The minimum Gasteiger partial charge on any atom is -0.348 e. The number of benzene rings is 3. The first-order valence-electron chi connectivity index (χ1n) is 10.5. The van der Waals surface area contributed by atoms with Crippen molar-refractivity contribution >= 4 is 34.3 Å². The number of hydrogen-bond donors (Lipinski definition) is 1. The highest BCUT2D eigenvalue weighted by Crippen LogP contribution is 2.25. The molecule has 3 aromatic carbocycles. The predicted octanol–water partition coefficient (Wildman–Crippen LogP) is 4.42. The van der Waals surface area contributed by atoms with Crippen molar-refractivity contribution in [2.75, 3.05) is 14.1 Å². The molecule has 0 aliphatic carbocycles. The van der Waals surface area contributed by atoms with Crippen molar-refractivity contribution < 1.29 is 14.0 Å². The van der Waals surface area contributed by atoms with E-state index >= 15 is 0 Å². The maximum atomic E-state index is 13.5. The number of rotatable bonds is 5. The van der Waals surface area contributed by atoms with Crippen molar-refractivity contribution in [2.24, 2.45) is 0 Å². The molecule has 0 unspecified atom stereocenters. The minimum absolute atomic E-state index is 0.121. The highest BCUT2D eigenvalue weighted by molar-refractivity contribution is 6.31. The van der Waals surface area contributed by atoms with E-state index in [2.05, 4.69) is 5.32 Å². The molecule has 172 valence electrons. The van der Waals surface area contributed by atoms with Gasteiger partial charge in [-0.2, -0.15) is 0 Å². The quantitative estimate of drug-likeness (QED) is 0.462. The lowest BCUT2D eigenvalue weighted by atomic mass is 10.0. The van der Waals surface area contributed by atoms with Crippen LogP contribution in [0.15, 0.2) is 77.6 Å². The lowest BCUT2D eigenvalue weighted by Gasteiger charge is -2.22. The molecule has 0 saturated heterocycles. The van der Waals surface area contributed by atoms with Crippen molar-refractivity contribution in [3.05, 3.63) is 111 Å². The van der Waals surface area contributed by atoms with Crippen molar-refractivity contribution in [3.8, 4) is 5.69 Å². The van der Waals surface area contributed by atoms with Gasteiger partial charge in [0.2, 0.25) is 0 Å². The second-order valence-electron chi connectivity index (χ2n) is 7.88. The monoisotopic (exact) mass is 477 g/mol. The summed E-state index contributed by atoms with van der Waals surface area (Å²) in [6.07, 6.45) is 0. The third kappa shape index (κ3) is 4.43. The fourth-order valence-corrected chi connectivity index (χ4v) is 3.89. The van der Waals surface area contributed by atoms with Gasteiger partial charge in [0.25, 0.3) is 11.8 Å². The summed E-state index contributed by atoms with van der Waals surface area (Å²) in [5, 5.41) is 3.46. The molecule has 2 amide bonds. The van der Waals surface area contributed by atoms with E-state index in [4.69, 9.17) is 11.6 Å². The summed E-state index contributed by atoms with van der Waals surface area (Å²) < 4.78 is 14.9. The molecular weight excluding hydrogens is 457 g/mol. The van der Waals surface area contributed by atoms with Crippen LogP contribution in [0, 0.1) is 5.82 Å². The van der Waals surface area contributed by atoms with Crippen molar-refractivity contribution in [2.45, 2.75) is 6.54 Å². The van der Waals surface area contributed by atoms with Crippen LogP contribution in [0.4, 0.5) is 4.39 Å². The van der Waals surface area contributed by atoms with Crippen LogP contribution in [0.3, 0.4) is 0 Å². The Kier molecular flexibility index (Phi) is 6.47. The summed E-state index contributed by atoms with van der Waals surface area (Å²) in [5.74, 6) is -1.37. The number of carbonyl (C=O) groups excluding carboxylic acids is 2. The van der Waals surface area contributed by atoms with Gasteiger partial charge in [0.05, 0.1) is 5.52 Å². The largest absolute Gasteiger partial charge is 0.348 e. The van der Waals surface area contributed by atoms with Crippen LogP contribution in [0.25, 0.3) is 16.6 Å². The normalized spacial score (nSPS) is 10.8. The number of aromatic nitrogens is 1. The molecule has 6 nitrogen and oxygen atoms in total. The van der Waals surface area contributed by atoms with E-state index in [1.807, 2.05) is 30.3 Å². The number of fused-ring (bicyclic) bond motifs is 1. The number of para-hydroxylation sites is 1. The third-order valence-electron chi connectivity index (χ3n) is 5.38. The Balaban J connectivity index is 1.94. The molecule has 0 bridgehead atoms. The van der Waals surface area contributed by atoms with E-state index in [-0.39, 0.29) is 28.8 Å². The smallest absolute Gasteiger partial charge is 0.270 e. The Labute approximate surface area is 200 Å². The molecule has 0 aliphatic heterocycles. The Morgan fingerprint density at radius 1 is 1.00 bits per heavy atom. The van der Waals surface area contributed by atoms with Gasteiger partial charge in [-0.05, 0) is 54.6 Å². The molecular formula is C26H21ClFN3O3. The summed E-state index contributed by atoms with van der Waals surface area (Å²) in [6.45, 7) is -0.199. The molecule has 0 fully saturated rings. The van der Waals surface area contributed by atoms with E-state index in [9.17, 15) is 18.8 Å². The zero-order chi connectivity index (χ0) is 24.4. The second kappa shape index (κ2) is 9.49. The first-order chi connectivity index (χ1) is 16.3. The molecule has 0 radical (unpaired) electrons. The van der Waals surface area contributed by atoms with Crippen molar-refractivity contribution in [1.82, 2.24) is 14.8 Å². The van der Waals surface area contributed by atoms with Crippen molar-refractivity contribution in [1.29, 1.82) is 0 Å². The Morgan fingerprint density at radius 2 is 1.68 bits per heavy atom. The fourth-order valence-electron chi connectivity index (χ4n) is 3.73. The minimum atomic E-state index is -0.495. The summed E-state index contributed by atoms with van der Waals surface area (Å²) in [5.41, 5.74) is 1.23. The molecule has 1 heterocycles. The molecule has 34 heavy (non-hydrogen) atoms. The number of hydrogen-bond acceptors (Lipinski definition) is 3. The molecule has 0 aliphatic rings. The molecule has 1 N–H and O–H groups in total. The van der Waals surface area contributed by atoms with Crippen LogP contribution in [0.1, 0.15) is 26.4 Å². The van der Waals surface area contributed by atoms with Crippen LogP contribution in [0.5, 0.6) is 0 Å². The molecule has 0 spiro atoms. The number of nitrogens with zero attached hydrogens (tertiary/aromatic N) is 2. The van der Waals surface area contributed by atoms with Crippen molar-refractivity contribution in [3.63, 3.8) is 0 Å². The third-order valence-corrected chi connectivity index (χ3v) is 5.62. The van der Waals surface area contributed by atoms with Gasteiger partial charge in [-0.15, -0.1) is 0 Å². The molecule has 0 saturated carbocycles. The summed E-state index contributed by atoms with van der Waals surface area (Å²) in [7, 11) is 3.18. The predicted molar refractivity (Wildman–Crippen MR) is 130 cm³/mol. The average molecular weight is 478 g/mol. The van der Waals surface area contributed by atoms with Gasteiger partial charge >= 0.3 is 0 Å². The highest BCUT2D eigenvalue weighted by Gasteiger charge is 2.25. The number of amides is 2. The molecule has 1 aromatic heterocycles. The summed E-state index contributed by atoms with van der Waals surface area (Å²) in [4.78, 5) is 40.9. The zero-order valence-corrected chi connectivity index (χ0v) is 19.3. The number of pyridine rings is 1. The van der Waals surface area contributed by atoms with Crippen LogP contribution >= 0.6 is 11.6 Å². The van der Waals surface area contributed by atoms with Gasteiger partial charge in [-0.25, -0.2) is 4.39 Å². The maximum Gasteiger partial charge on any atom is 0.270 e. The van der Waals surface area contributed by atoms with Crippen LogP contribution in [-0.4, -0.2) is 35.4 Å². The van der Waals surface area contributed by atoms with E-state index in [1.165, 1.54) is 29.2 Å². The summed E-state index contributed by atoms with van der Waals surface area (Å²) in [6, 6.07) is 19.0. The first kappa shape index (κ1) is 23.2. The van der Waals surface area contributed by atoms with Gasteiger partial charge in [-0.3, -0.25) is 14.4 Å². The van der Waals surface area contributed by atoms with Gasteiger partial charge in [0.15, 0.2) is 5.43 Å². The van der Waals surface area contributed by atoms with Gasteiger partial charge < -0.3 is 14.8 Å². The SMILES string of the molecule is CN(C)C(=O)c1c(CNC(=O)c2ccc(F)cc2)c(=O)c2ccc(Cl)cc2n1-c1ccccc1. The van der Waals surface area contributed by atoms with Crippen LogP contribution < -0.4 is 10.7 Å². The fraction of sp³-hybridized carbons (Fsp3) is 0.115. The van der Waals surface area contributed by atoms with E-state index in [0.717, 1.165) is 0 Å². The van der Waals surface area contributed by atoms with Crippen LogP contribution in [-0.2, 0) is 6.54 Å². The lowest BCUT2D eigenvalue weighted by molar-refractivity contribution is 0.0816. The van der Waals surface area contributed by atoms with E-state index in [0.29, 0.717) is 21.6 Å². The molecule has 0 atom stereocenters. The van der Waals surface area contributed by atoms with Gasteiger partial charge in [-0.1, -0.05) is 29.8 Å². The number of halogens is 2. The molecule has 4 aromatic rings. The Hall–Kier alpha value is -3.97. The highest BCUT2D eigenvalue weighted by atomic mass is 35.5. The van der Waals surface area contributed by atoms with E-state index < -0.39 is 17.6 Å². The lowest BCUT2D eigenvalue weighted by Crippen LogP contribution is -2.34. The van der Waals surface area contributed by atoms with Gasteiger partial charge in [0, 0.05) is 47.9 Å². The Bertz CT molecular complexity index is 1450. The molecule has 8 heteroatoms. The maximum absolute atomic E-state index is 13.5. The van der Waals surface area contributed by atoms with Crippen LogP contribution in [0.2, 0.25) is 5.02 Å². The number of nitrogens with one attached hydrogen (secondary N) is 1.